The van der Waals surface area contributed by atoms with E-state index in [2.05, 4.69) is 21.4 Å². The van der Waals surface area contributed by atoms with Crippen LogP contribution in [0.25, 0.3) is 0 Å². The predicted molar refractivity (Wildman–Crippen MR) is 126 cm³/mol. The van der Waals surface area contributed by atoms with Crippen molar-refractivity contribution in [3.63, 3.8) is 0 Å². The fourth-order valence-electron chi connectivity index (χ4n) is 3.96. The van der Waals surface area contributed by atoms with Crippen molar-refractivity contribution < 1.29 is 19.1 Å². The molecule has 0 bridgehead atoms. The molecule has 174 valence electrons. The number of anilines is 1. The Bertz CT molecular complexity index is 1000. The first-order valence-corrected chi connectivity index (χ1v) is 11.4. The highest BCUT2D eigenvalue weighted by molar-refractivity contribution is 6.04. The molecule has 1 N–H and O–H groups in total. The van der Waals surface area contributed by atoms with Gasteiger partial charge in [0.25, 0.3) is 5.91 Å². The van der Waals surface area contributed by atoms with Gasteiger partial charge in [-0.1, -0.05) is 18.2 Å². The molecule has 1 amide bonds. The molecule has 2 aromatic carbocycles. The molecule has 0 saturated carbocycles. The van der Waals surface area contributed by atoms with E-state index in [9.17, 15) is 9.59 Å². The van der Waals surface area contributed by atoms with Gasteiger partial charge in [0, 0.05) is 24.3 Å². The van der Waals surface area contributed by atoms with Gasteiger partial charge < -0.3 is 14.8 Å². The van der Waals surface area contributed by atoms with E-state index in [4.69, 9.17) is 9.47 Å². The third-order valence-electron chi connectivity index (χ3n) is 5.74. The summed E-state index contributed by atoms with van der Waals surface area (Å²) in [5, 5.41) is 9.43. The SMILES string of the molecule is CCOC(=O)CN1CCc2ccc(NC(=O)c3ccc(/C=N/N4CCOCC4)cc3)cc2C1. The van der Waals surface area contributed by atoms with Crippen LogP contribution in [0.15, 0.2) is 47.6 Å². The quantitative estimate of drug-likeness (QED) is 0.516. The monoisotopic (exact) mass is 450 g/mol. The van der Waals surface area contributed by atoms with Crippen LogP contribution in [0, 0.1) is 0 Å². The second kappa shape index (κ2) is 11.1. The zero-order chi connectivity index (χ0) is 23.0. The van der Waals surface area contributed by atoms with E-state index in [1.165, 1.54) is 5.56 Å². The first-order valence-electron chi connectivity index (χ1n) is 11.4. The number of esters is 1. The molecule has 0 aromatic heterocycles. The molecule has 1 fully saturated rings. The standard InChI is InChI=1S/C25H30N4O4/c1-2-33-24(30)18-28-10-9-20-7-8-23(15-22(20)17-28)27-25(31)21-5-3-19(4-6-21)16-26-29-11-13-32-14-12-29/h3-8,15-16H,2,9-14,17-18H2,1H3,(H,27,31)/b26-16+. The van der Waals surface area contributed by atoms with Gasteiger partial charge in [0.1, 0.15) is 0 Å². The Morgan fingerprint density at radius 2 is 1.88 bits per heavy atom. The zero-order valence-corrected chi connectivity index (χ0v) is 19.0. The van der Waals surface area contributed by atoms with E-state index in [0.29, 0.717) is 31.9 Å². The number of amides is 1. The summed E-state index contributed by atoms with van der Waals surface area (Å²) in [7, 11) is 0. The Kier molecular flexibility index (Phi) is 7.70. The molecule has 0 spiro atoms. The van der Waals surface area contributed by atoms with Gasteiger partial charge in [-0.25, -0.2) is 0 Å². The summed E-state index contributed by atoms with van der Waals surface area (Å²) in [6.45, 7) is 6.94. The number of nitrogens with zero attached hydrogens (tertiary/aromatic N) is 3. The minimum absolute atomic E-state index is 0.161. The average Bonchev–Trinajstić information content (AvgIpc) is 2.83. The van der Waals surface area contributed by atoms with Gasteiger partial charge in [0.05, 0.1) is 45.7 Å². The van der Waals surface area contributed by atoms with Crippen molar-refractivity contribution >= 4 is 23.8 Å². The number of carbonyl (C=O) groups is 2. The fourth-order valence-corrected chi connectivity index (χ4v) is 3.96. The van der Waals surface area contributed by atoms with Gasteiger partial charge in [-0.3, -0.25) is 19.5 Å². The minimum Gasteiger partial charge on any atom is -0.465 e. The van der Waals surface area contributed by atoms with E-state index >= 15 is 0 Å². The lowest BCUT2D eigenvalue weighted by Gasteiger charge is -2.28. The Labute approximate surface area is 194 Å². The van der Waals surface area contributed by atoms with Gasteiger partial charge in [-0.2, -0.15) is 5.10 Å². The average molecular weight is 451 g/mol. The molecule has 4 rings (SSSR count). The predicted octanol–water partition coefficient (Wildman–Crippen LogP) is 2.53. The van der Waals surface area contributed by atoms with Crippen LogP contribution in [0.1, 0.15) is 34.0 Å². The molecule has 2 aromatic rings. The van der Waals surface area contributed by atoms with Crippen molar-refractivity contribution in [2.24, 2.45) is 5.10 Å². The lowest BCUT2D eigenvalue weighted by atomic mass is 9.99. The van der Waals surface area contributed by atoms with Crippen LogP contribution < -0.4 is 5.32 Å². The number of hydrogen-bond donors (Lipinski definition) is 1. The normalized spacial score (nSPS) is 16.5. The van der Waals surface area contributed by atoms with Crippen LogP contribution in [0.4, 0.5) is 5.69 Å². The van der Waals surface area contributed by atoms with Crippen LogP contribution >= 0.6 is 0 Å². The Morgan fingerprint density at radius 1 is 1.09 bits per heavy atom. The van der Waals surface area contributed by atoms with Gasteiger partial charge in [-0.15, -0.1) is 0 Å². The number of rotatable bonds is 7. The first kappa shape index (κ1) is 22.9. The van der Waals surface area contributed by atoms with Crippen molar-refractivity contribution in [3.8, 4) is 0 Å². The Balaban J connectivity index is 1.35. The lowest BCUT2D eigenvalue weighted by molar-refractivity contribution is -0.144. The number of hydrogen-bond acceptors (Lipinski definition) is 7. The van der Waals surface area contributed by atoms with Crippen molar-refractivity contribution in [1.29, 1.82) is 0 Å². The maximum Gasteiger partial charge on any atom is 0.320 e. The van der Waals surface area contributed by atoms with Crippen LogP contribution in [-0.4, -0.2) is 74.0 Å². The van der Waals surface area contributed by atoms with E-state index < -0.39 is 0 Å². The molecule has 33 heavy (non-hydrogen) atoms. The highest BCUT2D eigenvalue weighted by Crippen LogP contribution is 2.23. The van der Waals surface area contributed by atoms with Crippen LogP contribution in [-0.2, 0) is 27.2 Å². The maximum absolute atomic E-state index is 12.7. The summed E-state index contributed by atoms with van der Waals surface area (Å²) >= 11 is 0. The van der Waals surface area contributed by atoms with Gasteiger partial charge in [-0.05, 0) is 54.3 Å². The van der Waals surface area contributed by atoms with E-state index in [0.717, 1.165) is 42.9 Å². The lowest BCUT2D eigenvalue weighted by Crippen LogP contribution is -2.35. The van der Waals surface area contributed by atoms with Gasteiger partial charge >= 0.3 is 5.97 Å². The third-order valence-corrected chi connectivity index (χ3v) is 5.74. The van der Waals surface area contributed by atoms with E-state index in [1.807, 2.05) is 36.2 Å². The molecule has 1 saturated heterocycles. The van der Waals surface area contributed by atoms with Crippen molar-refractivity contribution in [3.05, 3.63) is 64.7 Å². The molecule has 0 unspecified atom stereocenters. The second-order valence-corrected chi connectivity index (χ2v) is 8.14. The summed E-state index contributed by atoms with van der Waals surface area (Å²) in [6, 6.07) is 13.4. The molecule has 2 aliphatic heterocycles. The second-order valence-electron chi connectivity index (χ2n) is 8.14. The molecule has 2 heterocycles. The van der Waals surface area contributed by atoms with Crippen LogP contribution in [0.3, 0.4) is 0 Å². The third kappa shape index (κ3) is 6.40. The van der Waals surface area contributed by atoms with Crippen LogP contribution in [0.5, 0.6) is 0 Å². The first-order chi connectivity index (χ1) is 16.1. The number of hydrazone groups is 1. The fraction of sp³-hybridized carbons (Fsp3) is 0.400. The van der Waals surface area contributed by atoms with Crippen molar-refractivity contribution in [1.82, 2.24) is 9.91 Å². The largest absolute Gasteiger partial charge is 0.465 e. The summed E-state index contributed by atoms with van der Waals surface area (Å²) in [6.07, 6.45) is 2.68. The summed E-state index contributed by atoms with van der Waals surface area (Å²) in [4.78, 5) is 26.6. The van der Waals surface area contributed by atoms with Gasteiger partial charge in [0.2, 0.25) is 0 Å². The topological polar surface area (TPSA) is 83.5 Å². The molecule has 8 nitrogen and oxygen atoms in total. The van der Waals surface area contributed by atoms with E-state index in [1.54, 1.807) is 18.3 Å². The zero-order valence-electron chi connectivity index (χ0n) is 19.0. The number of morpholine rings is 1. The summed E-state index contributed by atoms with van der Waals surface area (Å²) in [5.41, 5.74) is 4.64. The van der Waals surface area contributed by atoms with Gasteiger partial charge in [0.15, 0.2) is 0 Å². The smallest absolute Gasteiger partial charge is 0.320 e. The number of nitrogens with one attached hydrogen (secondary N) is 1. The number of ether oxygens (including phenoxy) is 2. The molecule has 8 heteroatoms. The molecule has 0 aliphatic carbocycles. The number of benzene rings is 2. The summed E-state index contributed by atoms with van der Waals surface area (Å²) < 4.78 is 10.4. The Hall–Kier alpha value is -3.23. The minimum atomic E-state index is -0.205. The molecular formula is C25H30N4O4. The van der Waals surface area contributed by atoms with Crippen LogP contribution in [0.2, 0.25) is 0 Å². The Morgan fingerprint density at radius 3 is 2.64 bits per heavy atom. The molecular weight excluding hydrogens is 420 g/mol. The number of carbonyl (C=O) groups excluding carboxylic acids is 2. The summed E-state index contributed by atoms with van der Waals surface area (Å²) in [5.74, 6) is -0.366. The highest BCUT2D eigenvalue weighted by atomic mass is 16.5. The van der Waals surface area contributed by atoms with Crippen molar-refractivity contribution in [2.75, 3.05) is 51.3 Å². The van der Waals surface area contributed by atoms with Crippen molar-refractivity contribution in [2.45, 2.75) is 19.9 Å². The molecule has 2 aliphatic rings. The maximum atomic E-state index is 12.7. The highest BCUT2D eigenvalue weighted by Gasteiger charge is 2.19. The van der Waals surface area contributed by atoms with E-state index in [-0.39, 0.29) is 18.4 Å². The molecule has 0 atom stereocenters. The number of fused-ring (bicyclic) bond motifs is 1. The molecule has 0 radical (unpaired) electrons.